The lowest BCUT2D eigenvalue weighted by molar-refractivity contribution is -0.137. The minimum Gasteiger partial charge on any atom is -0.387 e. The Morgan fingerprint density at radius 3 is 2.40 bits per heavy atom. The van der Waals surface area contributed by atoms with E-state index in [4.69, 9.17) is 0 Å². The maximum absolute atomic E-state index is 12.7. The highest BCUT2D eigenvalue weighted by molar-refractivity contribution is 7.98. The Bertz CT molecular complexity index is 452. The normalized spacial score (nSPS) is 14.8. The van der Waals surface area contributed by atoms with E-state index in [2.05, 4.69) is 15.6 Å². The first kappa shape index (κ1) is 16.9. The molecule has 0 aliphatic rings. The van der Waals surface area contributed by atoms with Gasteiger partial charge in [0.05, 0.1) is 11.2 Å². The van der Waals surface area contributed by atoms with E-state index in [-0.39, 0.29) is 18.2 Å². The van der Waals surface area contributed by atoms with Crippen molar-refractivity contribution in [2.75, 3.05) is 36.2 Å². The monoisotopic (exact) mass is 309 g/mol. The van der Waals surface area contributed by atoms with E-state index in [1.165, 1.54) is 18.8 Å². The van der Waals surface area contributed by atoms with Gasteiger partial charge in [-0.2, -0.15) is 24.9 Å². The minimum atomic E-state index is -4.44. The molecule has 4 nitrogen and oxygen atoms in total. The van der Waals surface area contributed by atoms with Gasteiger partial charge in [-0.1, -0.05) is 0 Å². The van der Waals surface area contributed by atoms with Crippen molar-refractivity contribution in [3.05, 3.63) is 17.7 Å². The molecule has 0 spiro atoms. The van der Waals surface area contributed by atoms with Crippen molar-refractivity contribution in [2.45, 2.75) is 18.7 Å². The summed E-state index contributed by atoms with van der Waals surface area (Å²) in [6, 6.07) is 1.86. The van der Waals surface area contributed by atoms with Crippen LogP contribution in [0.15, 0.2) is 12.1 Å². The van der Waals surface area contributed by atoms with Crippen LogP contribution in [0.1, 0.15) is 12.5 Å². The van der Waals surface area contributed by atoms with Gasteiger partial charge in [0, 0.05) is 19.3 Å². The van der Waals surface area contributed by atoms with Crippen LogP contribution in [-0.2, 0) is 6.18 Å². The second-order valence-electron chi connectivity index (χ2n) is 4.66. The van der Waals surface area contributed by atoms with Crippen LogP contribution in [0.3, 0.4) is 0 Å². The van der Waals surface area contributed by atoms with Crippen LogP contribution in [0.25, 0.3) is 0 Å². The lowest BCUT2D eigenvalue weighted by Gasteiger charge is -2.23. The molecule has 3 N–H and O–H groups in total. The molecule has 1 aromatic heterocycles. The smallest absolute Gasteiger partial charge is 0.387 e. The van der Waals surface area contributed by atoms with Crippen molar-refractivity contribution in [2.24, 2.45) is 0 Å². The number of rotatable bonds is 6. The van der Waals surface area contributed by atoms with Gasteiger partial charge < -0.3 is 15.7 Å². The van der Waals surface area contributed by atoms with Gasteiger partial charge in [0.15, 0.2) is 0 Å². The predicted molar refractivity (Wildman–Crippen MR) is 76.3 cm³/mol. The predicted octanol–water partition coefficient (Wildman–Crippen LogP) is 2.67. The van der Waals surface area contributed by atoms with Crippen molar-refractivity contribution in [3.8, 4) is 0 Å². The zero-order chi connectivity index (χ0) is 15.4. The second-order valence-corrected chi connectivity index (χ2v) is 5.52. The number of anilines is 2. The SMILES string of the molecule is CNc1cc(C(F)(F)F)cc(NCC(C)(O)CSC)n1. The maximum atomic E-state index is 12.7. The third-order valence-corrected chi connectivity index (χ3v) is 3.43. The van der Waals surface area contributed by atoms with Gasteiger partial charge >= 0.3 is 6.18 Å². The Morgan fingerprint density at radius 2 is 1.90 bits per heavy atom. The van der Waals surface area contributed by atoms with Gasteiger partial charge in [0.2, 0.25) is 0 Å². The number of hydrogen-bond acceptors (Lipinski definition) is 5. The summed E-state index contributed by atoms with van der Waals surface area (Å²) in [7, 11) is 1.50. The topological polar surface area (TPSA) is 57.2 Å². The molecule has 1 atom stereocenters. The number of nitrogens with zero attached hydrogens (tertiary/aromatic N) is 1. The molecular formula is C12H18F3N3OS. The molecule has 0 aliphatic heterocycles. The van der Waals surface area contributed by atoms with Gasteiger partial charge in [-0.25, -0.2) is 4.98 Å². The molecule has 1 aromatic rings. The van der Waals surface area contributed by atoms with Crippen molar-refractivity contribution in [3.63, 3.8) is 0 Å². The number of aliphatic hydroxyl groups is 1. The molecule has 20 heavy (non-hydrogen) atoms. The lowest BCUT2D eigenvalue weighted by atomic mass is 10.1. The highest BCUT2D eigenvalue weighted by atomic mass is 32.2. The van der Waals surface area contributed by atoms with Gasteiger partial charge in [-0.15, -0.1) is 0 Å². The summed E-state index contributed by atoms with van der Waals surface area (Å²) < 4.78 is 38.2. The molecule has 0 saturated heterocycles. The van der Waals surface area contributed by atoms with Crippen molar-refractivity contribution in [1.82, 2.24) is 4.98 Å². The fraction of sp³-hybridized carbons (Fsp3) is 0.583. The third kappa shape index (κ3) is 5.09. The maximum Gasteiger partial charge on any atom is 0.416 e. The number of thioether (sulfide) groups is 1. The van der Waals surface area contributed by atoms with Gasteiger partial charge in [-0.3, -0.25) is 0 Å². The molecule has 0 bridgehead atoms. The molecule has 0 aromatic carbocycles. The number of halogens is 3. The van der Waals surface area contributed by atoms with Crippen LogP contribution in [-0.4, -0.2) is 41.3 Å². The molecule has 0 amide bonds. The number of pyridine rings is 1. The Kier molecular flexibility index (Phi) is 5.52. The van der Waals surface area contributed by atoms with Crippen molar-refractivity contribution < 1.29 is 18.3 Å². The van der Waals surface area contributed by atoms with E-state index in [9.17, 15) is 18.3 Å². The molecule has 0 aliphatic carbocycles. The number of hydrogen-bond donors (Lipinski definition) is 3. The average molecular weight is 309 g/mol. The Labute approximate surface area is 120 Å². The molecule has 8 heteroatoms. The summed E-state index contributed by atoms with van der Waals surface area (Å²) in [5.41, 5.74) is -1.81. The lowest BCUT2D eigenvalue weighted by Crippen LogP contribution is -2.36. The summed E-state index contributed by atoms with van der Waals surface area (Å²) in [6.45, 7) is 1.73. The van der Waals surface area contributed by atoms with Gasteiger partial charge in [-0.05, 0) is 25.3 Å². The summed E-state index contributed by atoms with van der Waals surface area (Å²) >= 11 is 1.46. The first-order valence-electron chi connectivity index (χ1n) is 5.90. The first-order chi connectivity index (χ1) is 9.18. The standard InChI is InChI=1S/C12H18F3N3OS/c1-11(19,7-20-3)6-17-10-5-8(12(13,14)15)4-9(16-2)18-10/h4-5,19H,6-7H2,1-3H3,(H2,16,17,18). The average Bonchev–Trinajstić information content (AvgIpc) is 2.35. The molecule has 0 saturated carbocycles. The summed E-state index contributed by atoms with van der Waals surface area (Å²) in [4.78, 5) is 3.99. The summed E-state index contributed by atoms with van der Waals surface area (Å²) in [6.07, 6.45) is -2.59. The third-order valence-electron chi connectivity index (χ3n) is 2.51. The molecule has 1 rings (SSSR count). The summed E-state index contributed by atoms with van der Waals surface area (Å²) in [5, 5.41) is 15.3. The molecule has 1 unspecified atom stereocenters. The van der Waals surface area contributed by atoms with Crippen molar-refractivity contribution in [1.29, 1.82) is 0 Å². The molecule has 114 valence electrons. The Hall–Kier alpha value is -1.15. The zero-order valence-electron chi connectivity index (χ0n) is 11.5. The van der Waals surface area contributed by atoms with Crippen LogP contribution in [0.5, 0.6) is 0 Å². The molecular weight excluding hydrogens is 291 g/mol. The number of aromatic nitrogens is 1. The molecule has 1 heterocycles. The Morgan fingerprint density at radius 1 is 1.30 bits per heavy atom. The Balaban J connectivity index is 2.90. The first-order valence-corrected chi connectivity index (χ1v) is 7.29. The quantitative estimate of drug-likeness (QED) is 0.754. The molecule has 0 fully saturated rings. The second kappa shape index (κ2) is 6.53. The van der Waals surface area contributed by atoms with E-state index in [0.717, 1.165) is 12.1 Å². The fourth-order valence-corrected chi connectivity index (χ4v) is 2.28. The minimum absolute atomic E-state index is 0.0746. The number of nitrogens with one attached hydrogen (secondary N) is 2. The van der Waals surface area contributed by atoms with Crippen LogP contribution < -0.4 is 10.6 Å². The zero-order valence-corrected chi connectivity index (χ0v) is 12.3. The van der Waals surface area contributed by atoms with Gasteiger partial charge in [0.1, 0.15) is 11.6 Å². The largest absolute Gasteiger partial charge is 0.416 e. The highest BCUT2D eigenvalue weighted by Crippen LogP contribution is 2.32. The fourth-order valence-electron chi connectivity index (χ4n) is 1.56. The van der Waals surface area contributed by atoms with E-state index < -0.39 is 17.3 Å². The van der Waals surface area contributed by atoms with Crippen LogP contribution >= 0.6 is 11.8 Å². The van der Waals surface area contributed by atoms with E-state index in [0.29, 0.717) is 5.75 Å². The van der Waals surface area contributed by atoms with E-state index in [1.54, 1.807) is 6.92 Å². The highest BCUT2D eigenvalue weighted by Gasteiger charge is 2.31. The van der Waals surface area contributed by atoms with Crippen molar-refractivity contribution >= 4 is 23.4 Å². The molecule has 0 radical (unpaired) electrons. The van der Waals surface area contributed by atoms with Crippen LogP contribution in [0.4, 0.5) is 24.8 Å². The summed E-state index contributed by atoms with van der Waals surface area (Å²) in [5.74, 6) is 0.662. The van der Waals surface area contributed by atoms with Crippen LogP contribution in [0, 0.1) is 0 Å². The van der Waals surface area contributed by atoms with Gasteiger partial charge in [0.25, 0.3) is 0 Å². The van der Waals surface area contributed by atoms with E-state index >= 15 is 0 Å². The van der Waals surface area contributed by atoms with E-state index in [1.807, 2.05) is 6.26 Å². The number of alkyl halides is 3. The van der Waals surface area contributed by atoms with Crippen LogP contribution in [0.2, 0.25) is 0 Å².